The van der Waals surface area contributed by atoms with Crippen LogP contribution < -0.4 is 0 Å². The lowest BCUT2D eigenvalue weighted by Gasteiger charge is -2.36. The number of alkyl halides is 1. The van der Waals surface area contributed by atoms with Gasteiger partial charge >= 0.3 is 0 Å². The minimum Gasteiger partial charge on any atom is -0.345 e. The average molecular weight is 406 g/mol. The van der Waals surface area contributed by atoms with Crippen LogP contribution in [0.4, 0.5) is 0 Å². The Kier molecular flexibility index (Phi) is 2.42. The second kappa shape index (κ2) is 3.78. The minimum absolute atomic E-state index is 0.138. The Labute approximate surface area is 133 Å². The zero-order valence-corrected chi connectivity index (χ0v) is 13.9. The van der Waals surface area contributed by atoms with Crippen molar-refractivity contribution in [2.75, 3.05) is 26.4 Å². The number of hydrogen-bond donors (Lipinski definition) is 0. The maximum atomic E-state index is 6.08. The summed E-state index contributed by atoms with van der Waals surface area (Å²) in [6.45, 7) is 2.55. The molecule has 0 aromatic carbocycles. The molecule has 0 aromatic rings. The van der Waals surface area contributed by atoms with Gasteiger partial charge in [0.05, 0.1) is 30.9 Å². The van der Waals surface area contributed by atoms with Gasteiger partial charge in [0.15, 0.2) is 5.79 Å². The smallest absolute Gasteiger partial charge is 0.205 e. The van der Waals surface area contributed by atoms with Gasteiger partial charge < -0.3 is 18.9 Å². The summed E-state index contributed by atoms with van der Waals surface area (Å²) in [7, 11) is 0. The van der Waals surface area contributed by atoms with Crippen LogP contribution in [0.3, 0.4) is 0 Å². The van der Waals surface area contributed by atoms with Gasteiger partial charge in [0.2, 0.25) is 5.79 Å². The summed E-state index contributed by atoms with van der Waals surface area (Å²) in [4.78, 5) is 0. The minimum atomic E-state index is -0.655. The van der Waals surface area contributed by atoms with Crippen molar-refractivity contribution in [3.63, 3.8) is 0 Å². The van der Waals surface area contributed by atoms with E-state index in [-0.39, 0.29) is 22.1 Å². The fraction of sp³-hybridized carbons (Fsp3) is 0.714. The maximum Gasteiger partial charge on any atom is 0.205 e. The zero-order valence-electron chi connectivity index (χ0n) is 10.7. The molecule has 0 N–H and O–H groups in total. The summed E-state index contributed by atoms with van der Waals surface area (Å²) < 4.78 is 24.9. The van der Waals surface area contributed by atoms with E-state index in [1.807, 2.05) is 0 Å². The molecule has 4 atom stereocenters. The van der Waals surface area contributed by atoms with Crippen LogP contribution in [-0.2, 0) is 18.9 Å². The van der Waals surface area contributed by atoms with E-state index in [9.17, 15) is 0 Å². The Hall–Kier alpha value is 0.280. The maximum absolute atomic E-state index is 6.08. The molecule has 0 amide bonds. The number of allylic oxidation sites excluding steroid dienone is 1. The Morgan fingerprint density at radius 1 is 1.00 bits per heavy atom. The second-order valence-electron chi connectivity index (χ2n) is 5.95. The average Bonchev–Trinajstić information content (AvgIpc) is 3.20. The fourth-order valence-electron chi connectivity index (χ4n) is 4.66. The SMILES string of the molecule is BrC1=C[C@H]2[C@@H]([C@H]3C=C[C@@]2(Br)C32OCCO2)C12OCCO2. The molecule has 2 bridgehead atoms. The molecule has 0 aromatic heterocycles. The number of halogens is 2. The van der Waals surface area contributed by atoms with Gasteiger partial charge in [-0.15, -0.1) is 0 Å². The Morgan fingerprint density at radius 3 is 2.35 bits per heavy atom. The van der Waals surface area contributed by atoms with Gasteiger partial charge in [-0.2, -0.15) is 0 Å². The highest BCUT2D eigenvalue weighted by molar-refractivity contribution is 9.11. The first-order valence-electron chi connectivity index (χ1n) is 6.96. The van der Waals surface area contributed by atoms with Gasteiger partial charge in [0.1, 0.15) is 4.32 Å². The van der Waals surface area contributed by atoms with E-state index in [4.69, 9.17) is 18.9 Å². The molecule has 20 heavy (non-hydrogen) atoms. The zero-order chi connectivity index (χ0) is 13.6. The van der Waals surface area contributed by atoms with E-state index in [2.05, 4.69) is 50.1 Å². The summed E-state index contributed by atoms with van der Waals surface area (Å²) in [5, 5.41) is 0. The summed E-state index contributed by atoms with van der Waals surface area (Å²) in [5.74, 6) is -0.698. The van der Waals surface area contributed by atoms with E-state index in [1.165, 1.54) is 0 Å². The highest BCUT2D eigenvalue weighted by atomic mass is 79.9. The van der Waals surface area contributed by atoms with Crippen LogP contribution in [0, 0.1) is 17.8 Å². The first-order chi connectivity index (χ1) is 9.64. The third kappa shape index (κ3) is 1.14. The monoisotopic (exact) mass is 404 g/mol. The van der Waals surface area contributed by atoms with Crippen LogP contribution in [0.1, 0.15) is 0 Å². The highest BCUT2D eigenvalue weighted by Crippen LogP contribution is 2.71. The van der Waals surface area contributed by atoms with Gasteiger partial charge in [-0.05, 0) is 0 Å². The predicted molar refractivity (Wildman–Crippen MR) is 77.5 cm³/mol. The van der Waals surface area contributed by atoms with Crippen LogP contribution in [-0.4, -0.2) is 42.3 Å². The fourth-order valence-corrected chi connectivity index (χ4v) is 6.50. The van der Waals surface area contributed by atoms with Gasteiger partial charge in [-0.25, -0.2) is 0 Å². The summed E-state index contributed by atoms with van der Waals surface area (Å²) in [6.07, 6.45) is 6.60. The molecule has 2 aliphatic heterocycles. The van der Waals surface area contributed by atoms with Crippen molar-refractivity contribution in [2.24, 2.45) is 17.8 Å². The molecule has 3 aliphatic carbocycles. The van der Waals surface area contributed by atoms with Gasteiger partial charge in [-0.3, -0.25) is 0 Å². The molecule has 1 saturated carbocycles. The number of rotatable bonds is 0. The first kappa shape index (κ1) is 12.8. The third-order valence-electron chi connectivity index (χ3n) is 5.31. The van der Waals surface area contributed by atoms with Gasteiger partial charge in [0.25, 0.3) is 0 Å². The van der Waals surface area contributed by atoms with Crippen molar-refractivity contribution in [2.45, 2.75) is 15.9 Å². The van der Waals surface area contributed by atoms with E-state index < -0.39 is 11.6 Å². The second-order valence-corrected chi connectivity index (χ2v) is 8.11. The van der Waals surface area contributed by atoms with E-state index >= 15 is 0 Å². The Morgan fingerprint density at radius 2 is 1.65 bits per heavy atom. The standard InChI is InChI=1S/C14H14Br2O4/c15-10-7-9-11(13(10)17-3-4-18-13)8-1-2-12(9,16)14(8)19-5-6-20-14/h1-2,7-9,11H,3-6H2/t8-,9+,11-,12+/m1/s1. The lowest BCUT2D eigenvalue weighted by Crippen LogP contribution is -2.48. The van der Waals surface area contributed by atoms with Crippen molar-refractivity contribution < 1.29 is 18.9 Å². The van der Waals surface area contributed by atoms with Crippen molar-refractivity contribution in [1.29, 1.82) is 0 Å². The lowest BCUT2D eigenvalue weighted by molar-refractivity contribution is -0.205. The molecule has 4 nitrogen and oxygen atoms in total. The molecular weight excluding hydrogens is 392 g/mol. The van der Waals surface area contributed by atoms with E-state index in [0.717, 1.165) is 4.48 Å². The molecule has 2 heterocycles. The summed E-state index contributed by atoms with van der Waals surface area (Å²) >= 11 is 7.58. The lowest BCUT2D eigenvalue weighted by atomic mass is 9.82. The molecule has 2 saturated heterocycles. The third-order valence-corrected chi connectivity index (χ3v) is 7.47. The van der Waals surface area contributed by atoms with Crippen LogP contribution in [0.25, 0.3) is 0 Å². The van der Waals surface area contributed by atoms with Crippen molar-refractivity contribution in [3.8, 4) is 0 Å². The van der Waals surface area contributed by atoms with Crippen LogP contribution >= 0.6 is 31.9 Å². The van der Waals surface area contributed by atoms with E-state index in [1.54, 1.807) is 0 Å². The largest absolute Gasteiger partial charge is 0.345 e. The highest BCUT2D eigenvalue weighted by Gasteiger charge is 2.79. The molecule has 2 spiro atoms. The van der Waals surface area contributed by atoms with Crippen molar-refractivity contribution in [3.05, 3.63) is 22.7 Å². The molecule has 5 aliphatic rings. The van der Waals surface area contributed by atoms with Gasteiger partial charge in [-0.1, -0.05) is 50.1 Å². The number of hydrogen-bond acceptors (Lipinski definition) is 4. The molecule has 0 unspecified atom stereocenters. The Bertz CT molecular complexity index is 533. The quantitative estimate of drug-likeness (QED) is 0.458. The molecule has 5 rings (SSSR count). The molecular formula is C14H14Br2O4. The molecule has 108 valence electrons. The summed E-state index contributed by atoms with van der Waals surface area (Å²) in [5.41, 5.74) is 0. The predicted octanol–water partition coefficient (Wildman–Crippen LogP) is 2.33. The number of ether oxygens (including phenoxy) is 4. The van der Waals surface area contributed by atoms with Crippen LogP contribution in [0.2, 0.25) is 0 Å². The van der Waals surface area contributed by atoms with Crippen molar-refractivity contribution in [1.82, 2.24) is 0 Å². The number of fused-ring (bicyclic) bond motifs is 4. The van der Waals surface area contributed by atoms with Crippen LogP contribution in [0.15, 0.2) is 22.7 Å². The van der Waals surface area contributed by atoms with Crippen molar-refractivity contribution >= 4 is 31.9 Å². The topological polar surface area (TPSA) is 36.9 Å². The molecule has 0 radical (unpaired) electrons. The molecule has 6 heteroatoms. The van der Waals surface area contributed by atoms with E-state index in [0.29, 0.717) is 26.4 Å². The molecule has 3 fully saturated rings. The summed E-state index contributed by atoms with van der Waals surface area (Å²) in [6, 6.07) is 0. The normalized spacial score (nSPS) is 49.5. The first-order valence-corrected chi connectivity index (χ1v) is 8.55. The Balaban J connectivity index is 1.68. The van der Waals surface area contributed by atoms with Gasteiger partial charge in [0, 0.05) is 17.8 Å². The van der Waals surface area contributed by atoms with Crippen LogP contribution in [0.5, 0.6) is 0 Å².